The van der Waals surface area contributed by atoms with Gasteiger partial charge in [0.15, 0.2) is 21.2 Å². The van der Waals surface area contributed by atoms with Crippen molar-refractivity contribution in [1.29, 1.82) is 0 Å². The van der Waals surface area contributed by atoms with Crippen molar-refractivity contribution in [3.63, 3.8) is 0 Å². The standard InChI is InChI=1S/C18H23BrN6O3S/c1-11(2)29-18-23-15(20-7-9-27-3)12-10-22-25(16(12)24-18)8-6-21-17(26)13-4-5-14(19)28-13/h4-5,10-11H,6-9H2,1-3H3,(H,21,26)(H,20,23,24). The largest absolute Gasteiger partial charge is 0.444 e. The van der Waals surface area contributed by atoms with E-state index in [2.05, 4.69) is 55.5 Å². The van der Waals surface area contributed by atoms with E-state index in [-0.39, 0.29) is 11.7 Å². The van der Waals surface area contributed by atoms with Crippen LogP contribution in [0, 0.1) is 0 Å². The van der Waals surface area contributed by atoms with E-state index in [0.717, 1.165) is 16.9 Å². The number of nitrogens with zero attached hydrogens (tertiary/aromatic N) is 4. The first-order valence-corrected chi connectivity index (χ1v) is 10.8. The molecule has 9 nitrogen and oxygen atoms in total. The zero-order chi connectivity index (χ0) is 20.8. The fourth-order valence-electron chi connectivity index (χ4n) is 2.57. The fraction of sp³-hybridized carbons (Fsp3) is 0.444. The Kier molecular flexibility index (Phi) is 7.51. The Morgan fingerprint density at radius 1 is 1.34 bits per heavy atom. The number of furan rings is 1. The summed E-state index contributed by atoms with van der Waals surface area (Å²) in [5, 5.41) is 12.4. The molecular formula is C18H23BrN6O3S. The summed E-state index contributed by atoms with van der Waals surface area (Å²) in [6.07, 6.45) is 1.74. The van der Waals surface area contributed by atoms with Gasteiger partial charge in [-0.15, -0.1) is 0 Å². The van der Waals surface area contributed by atoms with E-state index in [9.17, 15) is 4.79 Å². The number of carbonyl (C=O) groups excluding carboxylic acids is 1. The van der Waals surface area contributed by atoms with Crippen molar-refractivity contribution in [3.05, 3.63) is 28.8 Å². The molecule has 0 atom stereocenters. The van der Waals surface area contributed by atoms with Gasteiger partial charge in [-0.2, -0.15) is 5.10 Å². The third-order valence-corrected chi connectivity index (χ3v) is 5.11. The number of anilines is 1. The van der Waals surface area contributed by atoms with E-state index in [4.69, 9.17) is 9.15 Å². The number of ether oxygens (including phenoxy) is 1. The van der Waals surface area contributed by atoms with Crippen LogP contribution in [-0.2, 0) is 11.3 Å². The summed E-state index contributed by atoms with van der Waals surface area (Å²) in [6.45, 7) is 6.25. The minimum absolute atomic E-state index is 0.254. The van der Waals surface area contributed by atoms with Crippen LogP contribution >= 0.6 is 27.7 Å². The molecule has 0 spiro atoms. The zero-order valence-corrected chi connectivity index (χ0v) is 18.8. The first kappa shape index (κ1) is 21.6. The number of hydrogen-bond donors (Lipinski definition) is 2. The summed E-state index contributed by atoms with van der Waals surface area (Å²) in [7, 11) is 1.66. The number of halogens is 1. The Morgan fingerprint density at radius 3 is 2.86 bits per heavy atom. The van der Waals surface area contributed by atoms with Gasteiger partial charge in [0.1, 0.15) is 5.82 Å². The van der Waals surface area contributed by atoms with Crippen molar-refractivity contribution in [2.75, 3.05) is 32.1 Å². The molecule has 3 aromatic rings. The maximum atomic E-state index is 12.1. The van der Waals surface area contributed by atoms with Crippen LogP contribution in [0.3, 0.4) is 0 Å². The van der Waals surface area contributed by atoms with E-state index < -0.39 is 0 Å². The predicted molar refractivity (Wildman–Crippen MR) is 115 cm³/mol. The Balaban J connectivity index is 1.74. The van der Waals surface area contributed by atoms with Crippen molar-refractivity contribution in [2.24, 2.45) is 0 Å². The molecule has 2 N–H and O–H groups in total. The molecule has 3 heterocycles. The molecule has 29 heavy (non-hydrogen) atoms. The highest BCUT2D eigenvalue weighted by Gasteiger charge is 2.15. The van der Waals surface area contributed by atoms with Crippen LogP contribution in [0.4, 0.5) is 5.82 Å². The van der Waals surface area contributed by atoms with Gasteiger partial charge in [-0.05, 0) is 28.1 Å². The lowest BCUT2D eigenvalue weighted by Gasteiger charge is -2.10. The summed E-state index contributed by atoms with van der Waals surface area (Å²) in [5.41, 5.74) is 0.720. The molecule has 0 aliphatic heterocycles. The summed E-state index contributed by atoms with van der Waals surface area (Å²) >= 11 is 4.78. The Hall–Kier alpha value is -2.11. The minimum atomic E-state index is -0.278. The van der Waals surface area contributed by atoms with Crippen molar-refractivity contribution in [3.8, 4) is 0 Å². The van der Waals surface area contributed by atoms with Gasteiger partial charge < -0.3 is 19.8 Å². The molecule has 3 aromatic heterocycles. The zero-order valence-electron chi connectivity index (χ0n) is 16.4. The minimum Gasteiger partial charge on any atom is -0.444 e. The average molecular weight is 483 g/mol. The molecule has 0 aliphatic rings. The first-order chi connectivity index (χ1) is 14.0. The van der Waals surface area contributed by atoms with Gasteiger partial charge in [0, 0.05) is 25.4 Å². The van der Waals surface area contributed by atoms with E-state index in [1.54, 1.807) is 41.9 Å². The summed E-state index contributed by atoms with van der Waals surface area (Å²) in [6, 6.07) is 3.29. The van der Waals surface area contributed by atoms with Gasteiger partial charge in [-0.25, -0.2) is 14.6 Å². The third-order valence-electron chi connectivity index (χ3n) is 3.82. The lowest BCUT2D eigenvalue weighted by molar-refractivity contribution is 0.0923. The van der Waals surface area contributed by atoms with E-state index >= 15 is 0 Å². The van der Waals surface area contributed by atoms with E-state index in [0.29, 0.717) is 41.3 Å². The normalized spacial score (nSPS) is 11.3. The SMILES string of the molecule is COCCNc1nc(SC(C)C)nc2c1cnn2CCNC(=O)c1ccc(Br)o1. The van der Waals surface area contributed by atoms with Gasteiger partial charge in [-0.3, -0.25) is 4.79 Å². The van der Waals surface area contributed by atoms with Crippen LogP contribution in [0.2, 0.25) is 0 Å². The molecule has 0 radical (unpaired) electrons. The number of thioether (sulfide) groups is 1. The van der Waals surface area contributed by atoms with E-state index in [1.165, 1.54) is 0 Å². The topological polar surface area (TPSA) is 107 Å². The molecule has 0 fully saturated rings. The highest BCUT2D eigenvalue weighted by Crippen LogP contribution is 2.26. The predicted octanol–water partition coefficient (Wildman–Crippen LogP) is 3.17. The summed E-state index contributed by atoms with van der Waals surface area (Å²) < 4.78 is 12.6. The van der Waals surface area contributed by atoms with E-state index in [1.807, 2.05) is 0 Å². The second-order valence-electron chi connectivity index (χ2n) is 6.41. The molecule has 0 unspecified atom stereocenters. The van der Waals surface area contributed by atoms with Crippen molar-refractivity contribution >= 4 is 50.5 Å². The second-order valence-corrected chi connectivity index (χ2v) is 8.73. The highest BCUT2D eigenvalue weighted by atomic mass is 79.9. The Labute approximate surface area is 181 Å². The molecule has 0 saturated heterocycles. The number of rotatable bonds is 10. The van der Waals surface area contributed by atoms with Crippen LogP contribution in [0.1, 0.15) is 24.4 Å². The van der Waals surface area contributed by atoms with Crippen LogP contribution < -0.4 is 10.6 Å². The highest BCUT2D eigenvalue weighted by molar-refractivity contribution is 9.10. The molecule has 11 heteroatoms. The molecule has 0 saturated carbocycles. The second kappa shape index (κ2) is 10.1. The maximum Gasteiger partial charge on any atom is 0.287 e. The molecule has 0 bridgehead atoms. The molecule has 3 rings (SSSR count). The average Bonchev–Trinajstić information content (AvgIpc) is 3.28. The molecule has 156 valence electrons. The van der Waals surface area contributed by atoms with Crippen LogP contribution in [0.5, 0.6) is 0 Å². The molecular weight excluding hydrogens is 460 g/mol. The van der Waals surface area contributed by atoms with Gasteiger partial charge in [-0.1, -0.05) is 25.6 Å². The molecule has 0 aromatic carbocycles. The Morgan fingerprint density at radius 2 is 2.17 bits per heavy atom. The summed E-state index contributed by atoms with van der Waals surface area (Å²) in [4.78, 5) is 21.4. The fourth-order valence-corrected chi connectivity index (χ4v) is 3.58. The maximum absolute atomic E-state index is 12.1. The number of hydrogen-bond acceptors (Lipinski definition) is 8. The quantitative estimate of drug-likeness (QED) is 0.257. The summed E-state index contributed by atoms with van der Waals surface area (Å²) in [5.74, 6) is 0.704. The van der Waals surface area contributed by atoms with Crippen molar-refractivity contribution in [1.82, 2.24) is 25.1 Å². The number of methoxy groups -OCH3 is 1. The van der Waals surface area contributed by atoms with Crippen molar-refractivity contribution in [2.45, 2.75) is 30.8 Å². The first-order valence-electron chi connectivity index (χ1n) is 9.14. The van der Waals surface area contributed by atoms with Crippen LogP contribution in [0.25, 0.3) is 11.0 Å². The third kappa shape index (κ3) is 5.71. The number of aromatic nitrogens is 4. The number of fused-ring (bicyclic) bond motifs is 1. The molecule has 0 aliphatic carbocycles. The number of carbonyl (C=O) groups is 1. The number of nitrogens with one attached hydrogen (secondary N) is 2. The van der Waals surface area contributed by atoms with Gasteiger partial charge in [0.25, 0.3) is 5.91 Å². The van der Waals surface area contributed by atoms with Crippen molar-refractivity contribution < 1.29 is 13.9 Å². The lowest BCUT2D eigenvalue weighted by Crippen LogP contribution is -2.27. The Bertz CT molecular complexity index is 974. The van der Waals surface area contributed by atoms with Gasteiger partial charge in [0.2, 0.25) is 0 Å². The van der Waals surface area contributed by atoms with Crippen LogP contribution in [0.15, 0.2) is 32.6 Å². The van der Waals surface area contributed by atoms with Crippen LogP contribution in [-0.4, -0.2) is 57.7 Å². The lowest BCUT2D eigenvalue weighted by atomic mass is 10.4. The number of amides is 1. The van der Waals surface area contributed by atoms with Gasteiger partial charge in [0.05, 0.1) is 24.7 Å². The molecule has 1 amide bonds. The monoisotopic (exact) mass is 482 g/mol. The smallest absolute Gasteiger partial charge is 0.287 e. The van der Waals surface area contributed by atoms with Gasteiger partial charge >= 0.3 is 0 Å².